The van der Waals surface area contributed by atoms with Gasteiger partial charge in [0, 0.05) is 0 Å². The molecule has 14 heavy (non-hydrogen) atoms. The molecule has 78 valence electrons. The van der Waals surface area contributed by atoms with Crippen molar-refractivity contribution >= 4 is 22.6 Å². The van der Waals surface area contributed by atoms with Gasteiger partial charge in [-0.1, -0.05) is 6.07 Å². The Labute approximate surface area is 99.2 Å². The lowest BCUT2D eigenvalue weighted by molar-refractivity contribution is -0.652. The number of halogens is 1. The van der Waals surface area contributed by atoms with Crippen LogP contribution in [0.5, 0.6) is 5.75 Å². The molecule has 2 nitrogen and oxygen atoms in total. The highest BCUT2D eigenvalue weighted by Crippen LogP contribution is 2.21. The lowest BCUT2D eigenvalue weighted by atomic mass is 10.2. The van der Waals surface area contributed by atoms with Crippen LogP contribution in [0.3, 0.4) is 0 Å². The van der Waals surface area contributed by atoms with Crippen LogP contribution in [0.25, 0.3) is 0 Å². The maximum atomic E-state index is 5.66. The first-order valence-corrected chi connectivity index (χ1v) is 6.02. The van der Waals surface area contributed by atoms with Crippen molar-refractivity contribution in [1.29, 1.82) is 0 Å². The van der Waals surface area contributed by atoms with Crippen LogP contribution >= 0.6 is 22.6 Å². The fourth-order valence-electron chi connectivity index (χ4n) is 1.18. The summed E-state index contributed by atoms with van der Waals surface area (Å²) >= 11 is 2.31. The second kappa shape index (κ2) is 6.24. The van der Waals surface area contributed by atoms with Gasteiger partial charge < -0.3 is 10.1 Å². The smallest absolute Gasteiger partial charge is 0.137 e. The van der Waals surface area contributed by atoms with E-state index < -0.39 is 0 Å². The van der Waals surface area contributed by atoms with E-state index in [0.717, 1.165) is 25.4 Å². The summed E-state index contributed by atoms with van der Waals surface area (Å²) < 4.78 is 6.85. The van der Waals surface area contributed by atoms with E-state index in [1.165, 1.54) is 9.13 Å². The number of likely N-dealkylation sites (N-methyl/N-ethyl adjacent to an activating group) is 1. The van der Waals surface area contributed by atoms with Crippen LogP contribution in [0.4, 0.5) is 0 Å². The highest BCUT2D eigenvalue weighted by molar-refractivity contribution is 14.1. The zero-order chi connectivity index (χ0) is 10.4. The highest BCUT2D eigenvalue weighted by Gasteiger charge is 2.00. The SMILES string of the molecule is CC[NH2+]CCOc1ccc(C)cc1I. The predicted octanol–water partition coefficient (Wildman–Crippen LogP) is 1.56. The third-order valence-electron chi connectivity index (χ3n) is 1.96. The van der Waals surface area contributed by atoms with Crippen molar-refractivity contribution in [2.45, 2.75) is 13.8 Å². The van der Waals surface area contributed by atoms with Crippen molar-refractivity contribution in [3.05, 3.63) is 27.3 Å². The van der Waals surface area contributed by atoms with Crippen LogP contribution in [0, 0.1) is 10.5 Å². The summed E-state index contributed by atoms with van der Waals surface area (Å²) in [6.07, 6.45) is 0. The number of hydrogen-bond donors (Lipinski definition) is 1. The predicted molar refractivity (Wildman–Crippen MR) is 66.7 cm³/mol. The maximum Gasteiger partial charge on any atom is 0.137 e. The molecule has 0 saturated carbocycles. The van der Waals surface area contributed by atoms with Gasteiger partial charge in [0.05, 0.1) is 10.1 Å². The molecule has 0 spiro atoms. The Balaban J connectivity index is 2.42. The molecule has 0 aromatic heterocycles. The monoisotopic (exact) mass is 306 g/mol. The summed E-state index contributed by atoms with van der Waals surface area (Å²) in [5.74, 6) is 1.00. The summed E-state index contributed by atoms with van der Waals surface area (Å²) in [6.45, 7) is 7.17. The Hall–Kier alpha value is -0.290. The van der Waals surface area contributed by atoms with Gasteiger partial charge in [-0.3, -0.25) is 0 Å². The Morgan fingerprint density at radius 3 is 2.86 bits per heavy atom. The van der Waals surface area contributed by atoms with E-state index in [4.69, 9.17) is 4.74 Å². The minimum Gasteiger partial charge on any atom is -0.487 e. The highest BCUT2D eigenvalue weighted by atomic mass is 127. The van der Waals surface area contributed by atoms with Gasteiger partial charge in [0.1, 0.15) is 18.9 Å². The molecule has 1 aromatic carbocycles. The van der Waals surface area contributed by atoms with Gasteiger partial charge in [0.15, 0.2) is 0 Å². The molecule has 0 aliphatic heterocycles. The molecule has 2 N–H and O–H groups in total. The van der Waals surface area contributed by atoms with Gasteiger partial charge in [-0.15, -0.1) is 0 Å². The van der Waals surface area contributed by atoms with Crippen LogP contribution in [0.15, 0.2) is 18.2 Å². The number of aryl methyl sites for hydroxylation is 1. The van der Waals surface area contributed by atoms with Crippen molar-refractivity contribution in [2.24, 2.45) is 0 Å². The average molecular weight is 306 g/mol. The van der Waals surface area contributed by atoms with E-state index >= 15 is 0 Å². The van der Waals surface area contributed by atoms with Crippen LogP contribution in [0.2, 0.25) is 0 Å². The number of ether oxygens (including phenoxy) is 1. The van der Waals surface area contributed by atoms with Crippen LogP contribution < -0.4 is 10.1 Å². The zero-order valence-electron chi connectivity index (χ0n) is 8.72. The Kier molecular flexibility index (Phi) is 5.25. The number of rotatable bonds is 5. The molecule has 0 radical (unpaired) electrons. The Morgan fingerprint density at radius 2 is 2.21 bits per heavy atom. The molecule has 0 aliphatic carbocycles. The normalized spacial score (nSPS) is 10.2. The number of hydrogen-bond acceptors (Lipinski definition) is 1. The van der Waals surface area contributed by atoms with Crippen molar-refractivity contribution in [3.8, 4) is 5.75 Å². The topological polar surface area (TPSA) is 25.8 Å². The van der Waals surface area contributed by atoms with E-state index in [9.17, 15) is 0 Å². The fourth-order valence-corrected chi connectivity index (χ4v) is 2.01. The molecular formula is C11H17INO+. The van der Waals surface area contributed by atoms with Gasteiger partial charge in [0.25, 0.3) is 0 Å². The van der Waals surface area contributed by atoms with E-state index in [1.54, 1.807) is 0 Å². The number of benzene rings is 1. The largest absolute Gasteiger partial charge is 0.487 e. The zero-order valence-corrected chi connectivity index (χ0v) is 10.9. The third kappa shape index (κ3) is 3.84. The number of nitrogens with two attached hydrogens (primary N) is 1. The minimum absolute atomic E-state index is 0.785. The molecule has 0 saturated heterocycles. The molecule has 1 aromatic rings. The van der Waals surface area contributed by atoms with Gasteiger partial charge in [-0.05, 0) is 54.1 Å². The van der Waals surface area contributed by atoms with Crippen molar-refractivity contribution in [1.82, 2.24) is 0 Å². The van der Waals surface area contributed by atoms with Gasteiger partial charge in [0.2, 0.25) is 0 Å². The van der Waals surface area contributed by atoms with Crippen molar-refractivity contribution < 1.29 is 10.1 Å². The first-order valence-electron chi connectivity index (χ1n) is 4.94. The van der Waals surface area contributed by atoms with Crippen LogP contribution in [-0.4, -0.2) is 19.7 Å². The molecule has 0 atom stereocenters. The first-order chi connectivity index (χ1) is 6.74. The second-order valence-corrected chi connectivity index (χ2v) is 4.43. The molecule has 1 rings (SSSR count). The molecule has 0 heterocycles. The Morgan fingerprint density at radius 1 is 1.43 bits per heavy atom. The summed E-state index contributed by atoms with van der Waals surface area (Å²) in [5, 5.41) is 2.24. The lowest BCUT2D eigenvalue weighted by Gasteiger charge is -2.07. The molecule has 0 unspecified atom stereocenters. The van der Waals surface area contributed by atoms with E-state index in [1.807, 2.05) is 6.07 Å². The van der Waals surface area contributed by atoms with E-state index in [-0.39, 0.29) is 0 Å². The lowest BCUT2D eigenvalue weighted by Crippen LogP contribution is -2.84. The van der Waals surface area contributed by atoms with Crippen LogP contribution in [0.1, 0.15) is 12.5 Å². The van der Waals surface area contributed by atoms with Crippen molar-refractivity contribution in [3.63, 3.8) is 0 Å². The fraction of sp³-hybridized carbons (Fsp3) is 0.455. The summed E-state index contributed by atoms with van der Waals surface area (Å²) in [4.78, 5) is 0. The summed E-state index contributed by atoms with van der Waals surface area (Å²) in [6, 6.07) is 6.27. The maximum absolute atomic E-state index is 5.66. The molecule has 0 fully saturated rings. The van der Waals surface area contributed by atoms with Gasteiger partial charge in [-0.2, -0.15) is 0 Å². The second-order valence-electron chi connectivity index (χ2n) is 3.27. The summed E-state index contributed by atoms with van der Waals surface area (Å²) in [5.41, 5.74) is 1.28. The minimum atomic E-state index is 0.785. The van der Waals surface area contributed by atoms with Gasteiger partial charge in [-0.25, -0.2) is 0 Å². The molecular weight excluding hydrogens is 289 g/mol. The molecule has 0 aliphatic rings. The van der Waals surface area contributed by atoms with E-state index in [0.29, 0.717) is 0 Å². The molecule has 3 heteroatoms. The Bertz CT molecular complexity index is 289. The third-order valence-corrected chi connectivity index (χ3v) is 2.80. The molecule has 0 bridgehead atoms. The summed E-state index contributed by atoms with van der Waals surface area (Å²) in [7, 11) is 0. The number of quaternary nitrogens is 1. The van der Waals surface area contributed by atoms with Gasteiger partial charge >= 0.3 is 0 Å². The van der Waals surface area contributed by atoms with E-state index in [2.05, 4.69) is 53.9 Å². The van der Waals surface area contributed by atoms with Crippen molar-refractivity contribution in [2.75, 3.05) is 19.7 Å². The quantitative estimate of drug-likeness (QED) is 0.648. The molecule has 0 amide bonds. The first kappa shape index (κ1) is 11.8. The van der Waals surface area contributed by atoms with Crippen LogP contribution in [-0.2, 0) is 0 Å². The standard InChI is InChI=1S/C11H16INO/c1-3-13-6-7-14-11-5-4-9(2)8-10(11)12/h4-5,8,13H,3,6-7H2,1-2H3/p+1. The average Bonchev–Trinajstić information content (AvgIpc) is 2.15.